The first-order valence-electron chi connectivity index (χ1n) is 7.82. The summed E-state index contributed by atoms with van der Waals surface area (Å²) < 4.78 is 0. The van der Waals surface area contributed by atoms with Crippen LogP contribution in [0.1, 0.15) is 38.8 Å². The van der Waals surface area contributed by atoms with Crippen LogP contribution in [0.2, 0.25) is 0 Å². The van der Waals surface area contributed by atoms with Crippen molar-refractivity contribution in [3.8, 4) is 0 Å². The molecule has 0 aliphatic heterocycles. The highest BCUT2D eigenvalue weighted by atomic mass is 16.2. The van der Waals surface area contributed by atoms with E-state index in [1.807, 2.05) is 26.0 Å². The largest absolute Gasteiger partial charge is 0.351 e. The first-order chi connectivity index (χ1) is 11.1. The third-order valence-electron chi connectivity index (χ3n) is 3.57. The molecule has 0 heterocycles. The molecule has 2 aromatic carbocycles. The van der Waals surface area contributed by atoms with Crippen molar-refractivity contribution in [1.29, 1.82) is 0 Å². The van der Waals surface area contributed by atoms with Crippen molar-refractivity contribution in [2.24, 2.45) is 0 Å². The highest BCUT2D eigenvalue weighted by Crippen LogP contribution is 2.15. The van der Waals surface area contributed by atoms with E-state index < -0.39 is 0 Å². The molecular formula is C19H22N2O2. The number of hydrogen-bond acceptors (Lipinski definition) is 3. The minimum Gasteiger partial charge on any atom is -0.351 e. The monoisotopic (exact) mass is 310 g/mol. The van der Waals surface area contributed by atoms with Gasteiger partial charge in [0.25, 0.3) is 5.91 Å². The Hall–Kier alpha value is -2.46. The van der Waals surface area contributed by atoms with Gasteiger partial charge in [-0.25, -0.2) is 0 Å². The number of ketones is 1. The number of carbonyl (C=O) groups is 2. The van der Waals surface area contributed by atoms with Crippen molar-refractivity contribution in [3.63, 3.8) is 0 Å². The van der Waals surface area contributed by atoms with E-state index in [0.29, 0.717) is 29.8 Å². The van der Waals surface area contributed by atoms with E-state index in [4.69, 9.17) is 0 Å². The van der Waals surface area contributed by atoms with Crippen molar-refractivity contribution >= 4 is 11.7 Å². The molecule has 2 N–H and O–H groups in total. The lowest BCUT2D eigenvalue weighted by Gasteiger charge is -2.10. The Morgan fingerprint density at radius 1 is 0.913 bits per heavy atom. The van der Waals surface area contributed by atoms with Gasteiger partial charge in [0.2, 0.25) is 0 Å². The van der Waals surface area contributed by atoms with Crippen molar-refractivity contribution < 1.29 is 9.59 Å². The minimum atomic E-state index is -0.223. The van der Waals surface area contributed by atoms with Gasteiger partial charge in [-0.05, 0) is 19.5 Å². The molecule has 4 nitrogen and oxygen atoms in total. The van der Waals surface area contributed by atoms with Gasteiger partial charge >= 0.3 is 0 Å². The molecule has 0 radical (unpaired) electrons. The highest BCUT2D eigenvalue weighted by molar-refractivity contribution is 6.15. The Bertz CT molecular complexity index is 678. The number of carbonyl (C=O) groups excluding carboxylic acids is 2. The maximum Gasteiger partial charge on any atom is 0.252 e. The lowest BCUT2D eigenvalue weighted by atomic mass is 9.97. The molecule has 4 heteroatoms. The van der Waals surface area contributed by atoms with Crippen molar-refractivity contribution in [1.82, 2.24) is 10.6 Å². The highest BCUT2D eigenvalue weighted by Gasteiger charge is 2.17. The Morgan fingerprint density at radius 2 is 1.57 bits per heavy atom. The zero-order valence-corrected chi connectivity index (χ0v) is 13.6. The molecule has 120 valence electrons. The molecule has 2 aromatic rings. The standard InChI is InChI=1S/C19H22N2O2/c1-3-20-12-13-21-19(23)17-7-5-4-6-16(17)18(22)15-10-8-14(2)9-11-15/h4-11,20H,3,12-13H2,1-2H3,(H,21,23). The maximum absolute atomic E-state index is 12.7. The summed E-state index contributed by atoms with van der Waals surface area (Å²) in [4.78, 5) is 25.0. The van der Waals surface area contributed by atoms with E-state index >= 15 is 0 Å². The van der Waals surface area contributed by atoms with Crippen LogP contribution in [0.4, 0.5) is 0 Å². The molecule has 0 saturated carbocycles. The summed E-state index contributed by atoms with van der Waals surface area (Å²) >= 11 is 0. The van der Waals surface area contributed by atoms with Crippen molar-refractivity contribution in [2.45, 2.75) is 13.8 Å². The summed E-state index contributed by atoms with van der Waals surface area (Å²) in [5, 5.41) is 5.98. The summed E-state index contributed by atoms with van der Waals surface area (Å²) in [7, 11) is 0. The Labute approximate surface area is 136 Å². The third kappa shape index (κ3) is 4.50. The molecule has 23 heavy (non-hydrogen) atoms. The summed E-state index contributed by atoms with van der Waals surface area (Å²) in [6.07, 6.45) is 0. The predicted octanol–water partition coefficient (Wildman–Crippen LogP) is 2.57. The molecule has 0 aromatic heterocycles. The van der Waals surface area contributed by atoms with Gasteiger partial charge in [-0.1, -0.05) is 55.0 Å². The SMILES string of the molecule is CCNCCNC(=O)c1ccccc1C(=O)c1ccc(C)cc1. The molecule has 0 atom stereocenters. The van der Waals surface area contributed by atoms with Crippen LogP contribution in [-0.2, 0) is 0 Å². The quantitative estimate of drug-likeness (QED) is 0.610. The number of amides is 1. The molecule has 0 bridgehead atoms. The normalized spacial score (nSPS) is 10.3. The van der Waals surface area contributed by atoms with Crippen LogP contribution in [0.5, 0.6) is 0 Å². The van der Waals surface area contributed by atoms with Crippen LogP contribution >= 0.6 is 0 Å². The van der Waals surface area contributed by atoms with Gasteiger partial charge in [0.1, 0.15) is 0 Å². The molecule has 0 aliphatic carbocycles. The fourth-order valence-electron chi connectivity index (χ4n) is 2.28. The Morgan fingerprint density at radius 3 is 2.22 bits per heavy atom. The van der Waals surface area contributed by atoms with E-state index in [1.165, 1.54) is 0 Å². The van der Waals surface area contributed by atoms with Crippen LogP contribution in [0.15, 0.2) is 48.5 Å². The molecule has 0 unspecified atom stereocenters. The second kappa shape index (κ2) is 8.25. The Kier molecular flexibility index (Phi) is 6.06. The molecule has 0 spiro atoms. The fourth-order valence-corrected chi connectivity index (χ4v) is 2.28. The molecule has 0 saturated heterocycles. The zero-order chi connectivity index (χ0) is 16.7. The summed E-state index contributed by atoms with van der Waals surface area (Å²) in [5.41, 5.74) is 2.52. The molecule has 0 fully saturated rings. The van der Waals surface area contributed by atoms with E-state index in [0.717, 1.165) is 12.1 Å². The second-order valence-electron chi connectivity index (χ2n) is 5.35. The number of hydrogen-bond donors (Lipinski definition) is 2. The number of likely N-dealkylation sites (N-methyl/N-ethyl adjacent to an activating group) is 1. The van der Waals surface area contributed by atoms with Crippen LogP contribution in [0.3, 0.4) is 0 Å². The first-order valence-corrected chi connectivity index (χ1v) is 7.82. The molecule has 0 aliphatic rings. The molecular weight excluding hydrogens is 288 g/mol. The summed E-state index contributed by atoms with van der Waals surface area (Å²) in [6.45, 7) is 6.08. The van der Waals surface area contributed by atoms with Gasteiger partial charge < -0.3 is 10.6 Å². The van der Waals surface area contributed by atoms with Gasteiger partial charge in [-0.2, -0.15) is 0 Å². The second-order valence-corrected chi connectivity index (χ2v) is 5.35. The van der Waals surface area contributed by atoms with Gasteiger partial charge in [-0.15, -0.1) is 0 Å². The maximum atomic E-state index is 12.7. The lowest BCUT2D eigenvalue weighted by Crippen LogP contribution is -2.32. The number of nitrogens with one attached hydrogen (secondary N) is 2. The first kappa shape index (κ1) is 16.9. The smallest absolute Gasteiger partial charge is 0.252 e. The van der Waals surface area contributed by atoms with Crippen LogP contribution in [0.25, 0.3) is 0 Å². The van der Waals surface area contributed by atoms with Crippen LogP contribution in [0, 0.1) is 6.92 Å². The third-order valence-corrected chi connectivity index (χ3v) is 3.57. The topological polar surface area (TPSA) is 58.2 Å². The number of aryl methyl sites for hydroxylation is 1. The van der Waals surface area contributed by atoms with E-state index in [-0.39, 0.29) is 11.7 Å². The van der Waals surface area contributed by atoms with E-state index in [2.05, 4.69) is 10.6 Å². The van der Waals surface area contributed by atoms with Crippen molar-refractivity contribution in [3.05, 3.63) is 70.8 Å². The van der Waals surface area contributed by atoms with E-state index in [9.17, 15) is 9.59 Å². The summed E-state index contributed by atoms with van der Waals surface area (Å²) in [5.74, 6) is -0.360. The predicted molar refractivity (Wildman–Crippen MR) is 91.9 cm³/mol. The zero-order valence-electron chi connectivity index (χ0n) is 13.6. The number of rotatable bonds is 7. The lowest BCUT2D eigenvalue weighted by molar-refractivity contribution is 0.0942. The van der Waals surface area contributed by atoms with Crippen LogP contribution in [-0.4, -0.2) is 31.3 Å². The molecule has 1 amide bonds. The minimum absolute atomic E-state index is 0.137. The average Bonchev–Trinajstić information content (AvgIpc) is 2.58. The average molecular weight is 310 g/mol. The molecule has 2 rings (SSSR count). The van der Waals surface area contributed by atoms with Gasteiger partial charge in [0, 0.05) is 24.2 Å². The van der Waals surface area contributed by atoms with Crippen LogP contribution < -0.4 is 10.6 Å². The van der Waals surface area contributed by atoms with Gasteiger partial charge in [-0.3, -0.25) is 9.59 Å². The fraction of sp³-hybridized carbons (Fsp3) is 0.263. The summed E-state index contributed by atoms with van der Waals surface area (Å²) in [6, 6.07) is 14.3. The number of benzene rings is 2. The van der Waals surface area contributed by atoms with Gasteiger partial charge in [0.05, 0.1) is 5.56 Å². The van der Waals surface area contributed by atoms with Gasteiger partial charge in [0.15, 0.2) is 5.78 Å². The van der Waals surface area contributed by atoms with Crippen molar-refractivity contribution in [2.75, 3.05) is 19.6 Å². The Balaban J connectivity index is 2.18. The van der Waals surface area contributed by atoms with E-state index in [1.54, 1.807) is 36.4 Å².